The van der Waals surface area contributed by atoms with Crippen LogP contribution in [0, 0.1) is 0 Å². The highest BCUT2D eigenvalue weighted by atomic mass is 16.4. The van der Waals surface area contributed by atoms with Crippen molar-refractivity contribution in [2.24, 2.45) is 0 Å². The van der Waals surface area contributed by atoms with Gasteiger partial charge in [0.05, 0.1) is 11.1 Å². The molecule has 0 atom stereocenters. The zero-order valence-corrected chi connectivity index (χ0v) is 10.5. The smallest absolute Gasteiger partial charge is 0.335 e. The number of carbonyl (C=O) groups is 3. The molecule has 1 aromatic carbocycles. The number of aromatic carboxylic acids is 2. The minimum atomic E-state index is -1.06. The SMILES string of the molecule is CCCCC(=O)O.O=C(O)c1ccc(C(=O)O)cc1. The topological polar surface area (TPSA) is 112 Å². The predicted molar refractivity (Wildman–Crippen MR) is 67.5 cm³/mol. The third kappa shape index (κ3) is 7.54. The van der Waals surface area contributed by atoms with E-state index in [9.17, 15) is 14.4 Å². The molecule has 6 nitrogen and oxygen atoms in total. The number of aliphatic carboxylic acids is 1. The summed E-state index contributed by atoms with van der Waals surface area (Å²) in [5.41, 5.74) is 0.167. The standard InChI is InChI=1S/C8H6O4.C5H10O2/c9-7(10)5-1-2-6(4-3-5)8(11)12;1-2-3-4-5(6)7/h1-4H,(H,9,10)(H,11,12);2-4H2,1H3,(H,6,7). The first-order valence-corrected chi connectivity index (χ1v) is 5.67. The molecule has 6 heteroatoms. The summed E-state index contributed by atoms with van der Waals surface area (Å²) in [5.74, 6) is -2.82. The molecule has 3 N–H and O–H groups in total. The van der Waals surface area contributed by atoms with Crippen molar-refractivity contribution < 1.29 is 29.7 Å². The van der Waals surface area contributed by atoms with Crippen molar-refractivity contribution >= 4 is 17.9 Å². The fraction of sp³-hybridized carbons (Fsp3) is 0.308. The quantitative estimate of drug-likeness (QED) is 0.755. The molecule has 0 spiro atoms. The van der Waals surface area contributed by atoms with Crippen molar-refractivity contribution in [3.05, 3.63) is 35.4 Å². The third-order valence-corrected chi connectivity index (χ3v) is 2.12. The van der Waals surface area contributed by atoms with Gasteiger partial charge in [0, 0.05) is 6.42 Å². The summed E-state index contributed by atoms with van der Waals surface area (Å²) in [7, 11) is 0. The van der Waals surface area contributed by atoms with Crippen molar-refractivity contribution in [1.29, 1.82) is 0 Å². The molecular formula is C13H16O6. The lowest BCUT2D eigenvalue weighted by Crippen LogP contribution is -1.99. The zero-order chi connectivity index (χ0) is 14.8. The van der Waals surface area contributed by atoms with Crippen LogP contribution in [0.15, 0.2) is 24.3 Å². The van der Waals surface area contributed by atoms with Crippen molar-refractivity contribution in [2.75, 3.05) is 0 Å². The maximum Gasteiger partial charge on any atom is 0.335 e. The van der Waals surface area contributed by atoms with E-state index in [1.54, 1.807) is 0 Å². The average Bonchev–Trinajstić information content (AvgIpc) is 2.37. The van der Waals surface area contributed by atoms with Crippen LogP contribution >= 0.6 is 0 Å². The van der Waals surface area contributed by atoms with Crippen LogP contribution in [0.4, 0.5) is 0 Å². The molecule has 0 bridgehead atoms. The zero-order valence-electron chi connectivity index (χ0n) is 10.5. The molecule has 1 rings (SSSR count). The Hall–Kier alpha value is -2.37. The van der Waals surface area contributed by atoms with E-state index < -0.39 is 17.9 Å². The molecule has 19 heavy (non-hydrogen) atoms. The van der Waals surface area contributed by atoms with E-state index in [1.165, 1.54) is 24.3 Å². The molecule has 104 valence electrons. The second-order valence-electron chi connectivity index (χ2n) is 3.68. The van der Waals surface area contributed by atoms with Gasteiger partial charge in [-0.3, -0.25) is 4.79 Å². The highest BCUT2D eigenvalue weighted by Crippen LogP contribution is 2.03. The Kier molecular flexibility index (Phi) is 7.60. The minimum Gasteiger partial charge on any atom is -0.481 e. The van der Waals surface area contributed by atoms with Gasteiger partial charge < -0.3 is 15.3 Å². The summed E-state index contributed by atoms with van der Waals surface area (Å²) in [4.78, 5) is 30.4. The lowest BCUT2D eigenvalue weighted by molar-refractivity contribution is -0.137. The van der Waals surface area contributed by atoms with E-state index >= 15 is 0 Å². The second-order valence-corrected chi connectivity index (χ2v) is 3.68. The van der Waals surface area contributed by atoms with Gasteiger partial charge in [-0.15, -0.1) is 0 Å². The summed E-state index contributed by atoms with van der Waals surface area (Å²) in [6.07, 6.45) is 2.08. The van der Waals surface area contributed by atoms with Crippen LogP contribution in [0.5, 0.6) is 0 Å². The van der Waals surface area contributed by atoms with Crippen molar-refractivity contribution in [3.8, 4) is 0 Å². The van der Waals surface area contributed by atoms with Gasteiger partial charge >= 0.3 is 17.9 Å². The van der Waals surface area contributed by atoms with Gasteiger partial charge in [-0.05, 0) is 30.7 Å². The highest BCUT2D eigenvalue weighted by molar-refractivity contribution is 5.91. The highest BCUT2D eigenvalue weighted by Gasteiger charge is 2.04. The van der Waals surface area contributed by atoms with Crippen molar-refractivity contribution in [2.45, 2.75) is 26.2 Å². The van der Waals surface area contributed by atoms with Crippen LogP contribution in [-0.2, 0) is 4.79 Å². The van der Waals surface area contributed by atoms with Gasteiger partial charge in [-0.25, -0.2) is 9.59 Å². The van der Waals surface area contributed by atoms with Crippen LogP contribution in [-0.4, -0.2) is 33.2 Å². The molecule has 0 radical (unpaired) electrons. The molecule has 0 aliphatic rings. The average molecular weight is 268 g/mol. The molecule has 0 aliphatic carbocycles. The van der Waals surface area contributed by atoms with Gasteiger partial charge in [0.25, 0.3) is 0 Å². The monoisotopic (exact) mass is 268 g/mol. The summed E-state index contributed by atoms with van der Waals surface area (Å²) in [5, 5.41) is 25.0. The van der Waals surface area contributed by atoms with Gasteiger partial charge in [0.2, 0.25) is 0 Å². The van der Waals surface area contributed by atoms with Gasteiger partial charge in [-0.2, -0.15) is 0 Å². The molecule has 0 aliphatic heterocycles. The van der Waals surface area contributed by atoms with E-state index in [4.69, 9.17) is 15.3 Å². The summed E-state index contributed by atoms with van der Waals surface area (Å²) < 4.78 is 0. The maximum atomic E-state index is 10.3. The van der Waals surface area contributed by atoms with E-state index in [0.717, 1.165) is 12.8 Å². The number of hydrogen-bond donors (Lipinski definition) is 3. The van der Waals surface area contributed by atoms with Crippen LogP contribution in [0.25, 0.3) is 0 Å². The molecule has 0 amide bonds. The number of hydrogen-bond acceptors (Lipinski definition) is 3. The summed E-state index contributed by atoms with van der Waals surface area (Å²) >= 11 is 0. The van der Waals surface area contributed by atoms with Crippen LogP contribution in [0.3, 0.4) is 0 Å². The van der Waals surface area contributed by atoms with Crippen LogP contribution in [0.2, 0.25) is 0 Å². The fourth-order valence-corrected chi connectivity index (χ4v) is 1.08. The minimum absolute atomic E-state index is 0.0833. The normalized spacial score (nSPS) is 9.11. The Morgan fingerprint density at radius 2 is 1.26 bits per heavy atom. The van der Waals surface area contributed by atoms with Gasteiger partial charge in [-0.1, -0.05) is 13.3 Å². The maximum absolute atomic E-state index is 10.3. The number of benzene rings is 1. The molecule has 0 saturated heterocycles. The Balaban J connectivity index is 0.000000399. The van der Waals surface area contributed by atoms with Crippen LogP contribution in [0.1, 0.15) is 46.9 Å². The third-order valence-electron chi connectivity index (χ3n) is 2.12. The largest absolute Gasteiger partial charge is 0.481 e. The van der Waals surface area contributed by atoms with Crippen molar-refractivity contribution in [1.82, 2.24) is 0 Å². The first kappa shape index (κ1) is 16.6. The Morgan fingerprint density at radius 3 is 1.42 bits per heavy atom. The molecular weight excluding hydrogens is 252 g/mol. The number of rotatable bonds is 5. The number of carboxylic acid groups (broad SMARTS) is 3. The first-order chi connectivity index (χ1) is 8.88. The molecule has 0 fully saturated rings. The molecule has 1 aromatic rings. The Bertz CT molecular complexity index is 402. The van der Waals surface area contributed by atoms with E-state index in [-0.39, 0.29) is 11.1 Å². The predicted octanol–water partition coefficient (Wildman–Crippen LogP) is 2.34. The number of carboxylic acids is 3. The Morgan fingerprint density at radius 1 is 0.895 bits per heavy atom. The fourth-order valence-electron chi connectivity index (χ4n) is 1.08. The summed E-state index contributed by atoms with van der Waals surface area (Å²) in [6, 6.07) is 5.02. The number of unbranched alkanes of at least 4 members (excludes halogenated alkanes) is 1. The molecule has 0 unspecified atom stereocenters. The second kappa shape index (κ2) is 8.68. The van der Waals surface area contributed by atoms with E-state index in [0.29, 0.717) is 6.42 Å². The molecule has 0 saturated carbocycles. The van der Waals surface area contributed by atoms with Crippen LogP contribution < -0.4 is 0 Å². The summed E-state index contributed by atoms with van der Waals surface area (Å²) in [6.45, 7) is 1.98. The first-order valence-electron chi connectivity index (χ1n) is 5.67. The van der Waals surface area contributed by atoms with Gasteiger partial charge in [0.15, 0.2) is 0 Å². The lowest BCUT2D eigenvalue weighted by Gasteiger charge is -1.94. The van der Waals surface area contributed by atoms with Gasteiger partial charge in [0.1, 0.15) is 0 Å². The molecule has 0 heterocycles. The molecule has 0 aromatic heterocycles. The van der Waals surface area contributed by atoms with E-state index in [1.807, 2.05) is 6.92 Å². The van der Waals surface area contributed by atoms with E-state index in [2.05, 4.69) is 0 Å². The van der Waals surface area contributed by atoms with Crippen molar-refractivity contribution in [3.63, 3.8) is 0 Å². The lowest BCUT2D eigenvalue weighted by atomic mass is 10.1. The Labute approximate surface area is 110 Å².